The van der Waals surface area contributed by atoms with Crippen molar-refractivity contribution in [2.24, 2.45) is 5.73 Å². The van der Waals surface area contributed by atoms with E-state index in [0.717, 1.165) is 0 Å². The van der Waals surface area contributed by atoms with Crippen LogP contribution in [0.3, 0.4) is 0 Å². The van der Waals surface area contributed by atoms with Crippen LogP contribution in [0, 0.1) is 0 Å². The van der Waals surface area contributed by atoms with Crippen molar-refractivity contribution in [3.05, 3.63) is 0 Å². The predicted octanol–water partition coefficient (Wildman–Crippen LogP) is -0.265. The van der Waals surface area contributed by atoms with Crippen molar-refractivity contribution >= 4 is 23.9 Å². The molecule has 0 unspecified atom stereocenters. The second-order valence-electron chi connectivity index (χ2n) is 5.69. The molecule has 0 aliphatic rings. The SMILES string of the molecule is [2H]N(C(=O)OC(C)(C)C)[C@@H](C)C(=O)N[C@@H](CCC(N)=O)C(=O)O. The van der Waals surface area contributed by atoms with Crippen LogP contribution in [0.5, 0.6) is 0 Å². The second-order valence-corrected chi connectivity index (χ2v) is 5.69. The number of primary amides is 1. The molecule has 3 amide bonds. The summed E-state index contributed by atoms with van der Waals surface area (Å²) in [4.78, 5) is 45.4. The number of carboxylic acids is 1. The van der Waals surface area contributed by atoms with E-state index in [0.29, 0.717) is 5.31 Å². The molecule has 0 aliphatic carbocycles. The van der Waals surface area contributed by atoms with Crippen LogP contribution >= 0.6 is 0 Å². The van der Waals surface area contributed by atoms with E-state index in [9.17, 15) is 19.2 Å². The first kappa shape index (κ1) is 17.7. The van der Waals surface area contributed by atoms with Crippen LogP contribution in [0.2, 0.25) is 1.41 Å². The Morgan fingerprint density at radius 1 is 1.32 bits per heavy atom. The number of carboxylic acid groups (broad SMARTS) is 1. The van der Waals surface area contributed by atoms with Crippen LogP contribution in [0.1, 0.15) is 40.5 Å². The van der Waals surface area contributed by atoms with E-state index in [2.05, 4.69) is 5.32 Å². The number of amides is 3. The lowest BCUT2D eigenvalue weighted by atomic mass is 10.1. The number of nitrogens with two attached hydrogens (primary N) is 1. The van der Waals surface area contributed by atoms with Crippen LogP contribution in [0.15, 0.2) is 0 Å². The molecular weight excluding hydrogens is 294 g/mol. The van der Waals surface area contributed by atoms with Crippen molar-refractivity contribution < 1.29 is 30.4 Å². The van der Waals surface area contributed by atoms with E-state index in [1.165, 1.54) is 6.92 Å². The summed E-state index contributed by atoms with van der Waals surface area (Å²) in [5.74, 6) is -2.90. The monoisotopic (exact) mass is 318 g/mol. The van der Waals surface area contributed by atoms with Gasteiger partial charge in [0.25, 0.3) is 0 Å². The quantitative estimate of drug-likeness (QED) is 0.508. The van der Waals surface area contributed by atoms with E-state index in [1.807, 2.05) is 0 Å². The number of alkyl carbamates (subject to hydrolysis) is 1. The van der Waals surface area contributed by atoms with Gasteiger partial charge in [0.15, 0.2) is 1.41 Å². The minimum atomic E-state index is -1.35. The Kier molecular flexibility index (Phi) is 6.61. The van der Waals surface area contributed by atoms with Gasteiger partial charge in [0.1, 0.15) is 17.7 Å². The highest BCUT2D eigenvalue weighted by Gasteiger charge is 2.25. The lowest BCUT2D eigenvalue weighted by Crippen LogP contribution is -2.51. The highest BCUT2D eigenvalue weighted by atomic mass is 16.6. The molecule has 22 heavy (non-hydrogen) atoms. The van der Waals surface area contributed by atoms with E-state index in [1.54, 1.807) is 20.8 Å². The molecule has 0 heterocycles. The summed E-state index contributed by atoms with van der Waals surface area (Å²) >= 11 is 0. The first-order valence-electron chi connectivity index (χ1n) is 7.12. The zero-order valence-electron chi connectivity index (χ0n) is 14.1. The molecular formula is C13H23N3O6. The third-order valence-electron chi connectivity index (χ3n) is 2.37. The van der Waals surface area contributed by atoms with E-state index in [4.69, 9.17) is 17.0 Å². The lowest BCUT2D eigenvalue weighted by Gasteiger charge is -2.22. The number of nitrogens with one attached hydrogen (secondary N) is 2. The summed E-state index contributed by atoms with van der Waals surface area (Å²) in [7, 11) is 0. The van der Waals surface area contributed by atoms with Crippen LogP contribution in [0.4, 0.5) is 4.79 Å². The molecule has 0 aromatic carbocycles. The zero-order valence-corrected chi connectivity index (χ0v) is 13.1. The molecule has 126 valence electrons. The molecule has 5 N–H and O–H groups in total. The van der Waals surface area contributed by atoms with E-state index < -0.39 is 41.6 Å². The molecule has 2 atom stereocenters. The van der Waals surface area contributed by atoms with E-state index in [-0.39, 0.29) is 12.8 Å². The van der Waals surface area contributed by atoms with Gasteiger partial charge in [-0.25, -0.2) is 9.59 Å². The minimum Gasteiger partial charge on any atom is -0.480 e. The number of ether oxygens (including phenoxy) is 1. The average Bonchev–Trinajstić information content (AvgIpc) is 2.38. The highest BCUT2D eigenvalue weighted by molar-refractivity contribution is 5.89. The van der Waals surface area contributed by atoms with Gasteiger partial charge in [0, 0.05) is 6.42 Å². The normalized spacial score (nSPS) is 14.3. The third-order valence-corrected chi connectivity index (χ3v) is 2.37. The molecule has 0 aromatic heterocycles. The number of carbonyl (C=O) groups is 4. The van der Waals surface area contributed by atoms with Gasteiger partial charge in [-0.15, -0.1) is 0 Å². The molecule has 0 fully saturated rings. The molecule has 9 heteroatoms. The fraction of sp³-hybridized carbons (Fsp3) is 0.692. The van der Waals surface area contributed by atoms with Crippen LogP contribution in [0.25, 0.3) is 0 Å². The van der Waals surface area contributed by atoms with Gasteiger partial charge in [-0.2, -0.15) is 0 Å². The Balaban J connectivity index is 4.76. The van der Waals surface area contributed by atoms with Gasteiger partial charge in [-0.3, -0.25) is 9.59 Å². The summed E-state index contributed by atoms with van der Waals surface area (Å²) < 4.78 is 12.5. The number of aliphatic carboxylic acids is 1. The Labute approximate surface area is 130 Å². The van der Waals surface area contributed by atoms with Gasteiger partial charge in [0.2, 0.25) is 11.8 Å². The van der Waals surface area contributed by atoms with Gasteiger partial charge in [-0.1, -0.05) is 0 Å². The van der Waals surface area contributed by atoms with Crippen molar-refractivity contribution in [3.63, 3.8) is 0 Å². The first-order chi connectivity index (χ1) is 10.3. The summed E-state index contributed by atoms with van der Waals surface area (Å²) in [6.07, 6.45) is -1.44. The first-order valence-corrected chi connectivity index (χ1v) is 6.67. The van der Waals surface area contributed by atoms with Crippen molar-refractivity contribution in [2.45, 2.75) is 58.2 Å². The molecule has 0 aliphatic heterocycles. The number of carbonyl (C=O) groups excluding carboxylic acids is 3. The largest absolute Gasteiger partial charge is 0.480 e. The zero-order chi connectivity index (χ0) is 18.4. The fourth-order valence-corrected chi connectivity index (χ4v) is 1.34. The molecule has 0 aromatic rings. The smallest absolute Gasteiger partial charge is 0.408 e. The second kappa shape index (κ2) is 8.20. The Morgan fingerprint density at radius 2 is 1.86 bits per heavy atom. The summed E-state index contributed by atoms with van der Waals surface area (Å²) in [5, 5.41) is 11.5. The number of hydrogen-bond donors (Lipinski definition) is 4. The van der Waals surface area contributed by atoms with Crippen molar-refractivity contribution in [2.75, 3.05) is 0 Å². The van der Waals surface area contributed by atoms with E-state index >= 15 is 0 Å². The van der Waals surface area contributed by atoms with Crippen molar-refractivity contribution in [1.82, 2.24) is 10.6 Å². The van der Waals surface area contributed by atoms with Crippen molar-refractivity contribution in [3.8, 4) is 0 Å². The summed E-state index contributed by atoms with van der Waals surface area (Å²) in [6, 6.07) is -2.62. The molecule has 0 bridgehead atoms. The molecule has 0 spiro atoms. The Bertz CT molecular complexity index is 477. The molecule has 0 saturated heterocycles. The van der Waals surface area contributed by atoms with Gasteiger partial charge >= 0.3 is 12.1 Å². The third kappa shape index (κ3) is 8.77. The molecule has 0 rings (SSSR count). The highest BCUT2D eigenvalue weighted by Crippen LogP contribution is 2.06. The fourth-order valence-electron chi connectivity index (χ4n) is 1.34. The summed E-state index contributed by atoms with van der Waals surface area (Å²) in [6.45, 7) is 6.06. The summed E-state index contributed by atoms with van der Waals surface area (Å²) in [5.41, 5.74) is 4.10. The molecule has 0 saturated carbocycles. The van der Waals surface area contributed by atoms with Crippen molar-refractivity contribution in [1.29, 1.82) is 0 Å². The number of rotatable bonds is 7. The van der Waals surface area contributed by atoms with Gasteiger partial charge < -0.3 is 26.2 Å². The minimum absolute atomic E-state index is 0.187. The van der Waals surface area contributed by atoms with Gasteiger partial charge in [-0.05, 0) is 34.1 Å². The topological polar surface area (TPSA) is 148 Å². The molecule has 0 radical (unpaired) electrons. The Morgan fingerprint density at radius 3 is 2.27 bits per heavy atom. The maximum absolute atomic E-state index is 12.0. The van der Waals surface area contributed by atoms with Crippen LogP contribution < -0.4 is 16.4 Å². The van der Waals surface area contributed by atoms with Gasteiger partial charge in [0.05, 0.1) is 0 Å². The Hall–Kier alpha value is -2.32. The van der Waals surface area contributed by atoms with Crippen LogP contribution in [-0.4, -0.2) is 46.7 Å². The predicted molar refractivity (Wildman–Crippen MR) is 76.8 cm³/mol. The molecule has 9 nitrogen and oxygen atoms in total. The van der Waals surface area contributed by atoms with Crippen LogP contribution in [-0.2, 0) is 19.1 Å². The standard InChI is InChI=1S/C13H23N3O6/c1-7(15-12(21)22-13(2,3)4)10(18)16-8(11(19)20)5-6-9(14)17/h7-8H,5-6H2,1-4H3,(H2,14,17)(H,15,21)(H,16,18)(H,19,20)/t7-,8-/m0/s1/i/hD. The lowest BCUT2D eigenvalue weighted by molar-refractivity contribution is -0.142. The maximum Gasteiger partial charge on any atom is 0.408 e. The maximum atomic E-state index is 12.0. The average molecular weight is 318 g/mol. The number of hydrogen-bond acceptors (Lipinski definition) is 5.